The van der Waals surface area contributed by atoms with Crippen molar-refractivity contribution in [1.29, 1.82) is 0 Å². The summed E-state index contributed by atoms with van der Waals surface area (Å²) in [4.78, 5) is 18.7. The minimum atomic E-state index is -0.895. The number of aliphatic hydroxyl groups is 1. The molecule has 0 unspecified atom stereocenters. The van der Waals surface area contributed by atoms with E-state index in [0.29, 0.717) is 36.7 Å². The van der Waals surface area contributed by atoms with Gasteiger partial charge in [0.1, 0.15) is 11.6 Å². The average molecular weight is 367 g/mol. The van der Waals surface area contributed by atoms with Crippen LogP contribution in [0, 0.1) is 0 Å². The van der Waals surface area contributed by atoms with Crippen LogP contribution in [0.25, 0.3) is 0 Å². The zero-order valence-corrected chi connectivity index (χ0v) is 15.2. The molecule has 1 aliphatic heterocycles. The Kier molecular flexibility index (Phi) is 4.41. The minimum absolute atomic E-state index is 0.0312. The monoisotopic (exact) mass is 367 g/mol. The maximum Gasteiger partial charge on any atom is 0.254 e. The van der Waals surface area contributed by atoms with Crippen LogP contribution in [0.3, 0.4) is 0 Å². The molecule has 0 spiro atoms. The van der Waals surface area contributed by atoms with Crippen molar-refractivity contribution in [2.24, 2.45) is 7.05 Å². The Morgan fingerprint density at radius 3 is 2.70 bits per heavy atom. The standard InChI is InChI=1S/C19H21N5O3/c1-22-8-7-20-18(22)17(25)16-11-14-12-23(9-10-24(14)21-16)19(26)13-3-5-15(27-2)6-4-13/h3-8,11,17,25H,9-10,12H2,1-2H3/t17-/m1/s1. The number of fused-ring (bicyclic) bond motifs is 1. The third-order valence-corrected chi connectivity index (χ3v) is 4.82. The molecule has 3 heterocycles. The number of aliphatic hydroxyl groups excluding tert-OH is 1. The van der Waals surface area contributed by atoms with Crippen molar-refractivity contribution in [2.45, 2.75) is 19.2 Å². The van der Waals surface area contributed by atoms with Gasteiger partial charge in [0.15, 0.2) is 6.10 Å². The second-order valence-corrected chi connectivity index (χ2v) is 6.54. The second kappa shape index (κ2) is 6.88. The highest BCUT2D eigenvalue weighted by atomic mass is 16.5. The van der Waals surface area contributed by atoms with E-state index in [-0.39, 0.29) is 5.91 Å². The Bertz CT molecular complexity index is 960. The van der Waals surface area contributed by atoms with Gasteiger partial charge in [0.25, 0.3) is 5.91 Å². The first-order valence-corrected chi connectivity index (χ1v) is 8.72. The molecule has 1 aromatic carbocycles. The third-order valence-electron chi connectivity index (χ3n) is 4.82. The molecule has 1 amide bonds. The van der Waals surface area contributed by atoms with Gasteiger partial charge in [-0.1, -0.05) is 0 Å². The fraction of sp³-hybridized carbons (Fsp3) is 0.316. The van der Waals surface area contributed by atoms with Crippen molar-refractivity contribution in [3.05, 3.63) is 65.5 Å². The molecular formula is C19H21N5O3. The first kappa shape index (κ1) is 17.3. The first-order valence-electron chi connectivity index (χ1n) is 8.72. The van der Waals surface area contributed by atoms with Crippen LogP contribution in [-0.2, 0) is 20.1 Å². The zero-order chi connectivity index (χ0) is 19.0. The Morgan fingerprint density at radius 2 is 2.04 bits per heavy atom. The third kappa shape index (κ3) is 3.19. The van der Waals surface area contributed by atoms with Crippen molar-refractivity contribution in [2.75, 3.05) is 13.7 Å². The Balaban J connectivity index is 1.52. The van der Waals surface area contributed by atoms with E-state index in [9.17, 15) is 9.90 Å². The molecule has 1 aliphatic rings. The number of nitrogens with zero attached hydrogens (tertiary/aromatic N) is 5. The average Bonchev–Trinajstić information content (AvgIpc) is 3.32. The molecule has 4 rings (SSSR count). The van der Waals surface area contributed by atoms with Crippen LogP contribution in [-0.4, -0.2) is 48.9 Å². The van der Waals surface area contributed by atoms with Gasteiger partial charge in [-0.3, -0.25) is 9.48 Å². The predicted octanol–water partition coefficient (Wildman–Crippen LogP) is 1.36. The van der Waals surface area contributed by atoms with E-state index in [1.807, 2.05) is 17.8 Å². The molecule has 0 fully saturated rings. The lowest BCUT2D eigenvalue weighted by molar-refractivity contribution is 0.0705. The predicted molar refractivity (Wildman–Crippen MR) is 97.2 cm³/mol. The van der Waals surface area contributed by atoms with Crippen LogP contribution in [0.15, 0.2) is 42.7 Å². The van der Waals surface area contributed by atoms with Crippen molar-refractivity contribution in [3.8, 4) is 5.75 Å². The Labute approximate surface area is 156 Å². The first-order chi connectivity index (χ1) is 13.1. The van der Waals surface area contributed by atoms with Gasteiger partial charge < -0.3 is 19.3 Å². The lowest BCUT2D eigenvalue weighted by atomic mass is 10.1. The normalized spacial score (nSPS) is 14.7. The van der Waals surface area contributed by atoms with Crippen LogP contribution in [0.1, 0.15) is 33.7 Å². The van der Waals surface area contributed by atoms with E-state index in [1.165, 1.54) is 0 Å². The van der Waals surface area contributed by atoms with Crippen molar-refractivity contribution in [1.82, 2.24) is 24.2 Å². The summed E-state index contributed by atoms with van der Waals surface area (Å²) < 4.78 is 8.75. The number of hydrogen-bond donors (Lipinski definition) is 1. The molecule has 3 aromatic rings. The van der Waals surface area contributed by atoms with E-state index in [0.717, 1.165) is 11.4 Å². The number of amides is 1. The fourth-order valence-electron chi connectivity index (χ4n) is 3.28. The van der Waals surface area contributed by atoms with Crippen LogP contribution < -0.4 is 4.74 Å². The smallest absolute Gasteiger partial charge is 0.254 e. The number of ether oxygens (including phenoxy) is 1. The van der Waals surface area contributed by atoms with Gasteiger partial charge in [-0.15, -0.1) is 0 Å². The van der Waals surface area contributed by atoms with E-state index in [1.54, 1.807) is 53.2 Å². The molecule has 0 radical (unpaired) electrons. The Morgan fingerprint density at radius 1 is 1.26 bits per heavy atom. The molecule has 2 aromatic heterocycles. The molecule has 0 saturated heterocycles. The highest BCUT2D eigenvalue weighted by Crippen LogP contribution is 2.23. The van der Waals surface area contributed by atoms with Gasteiger partial charge >= 0.3 is 0 Å². The van der Waals surface area contributed by atoms with Crippen molar-refractivity contribution in [3.63, 3.8) is 0 Å². The summed E-state index contributed by atoms with van der Waals surface area (Å²) in [6.07, 6.45) is 2.53. The summed E-state index contributed by atoms with van der Waals surface area (Å²) in [5.74, 6) is 1.23. The van der Waals surface area contributed by atoms with Gasteiger partial charge in [0, 0.05) is 31.5 Å². The highest BCUT2D eigenvalue weighted by Gasteiger charge is 2.26. The maximum atomic E-state index is 12.8. The molecule has 0 aliphatic carbocycles. The molecule has 0 saturated carbocycles. The minimum Gasteiger partial charge on any atom is -0.497 e. The highest BCUT2D eigenvalue weighted by molar-refractivity contribution is 5.94. The Hall–Kier alpha value is -3.13. The number of carbonyl (C=O) groups is 1. The van der Waals surface area contributed by atoms with Crippen molar-refractivity contribution < 1.29 is 14.6 Å². The largest absolute Gasteiger partial charge is 0.497 e. The number of benzene rings is 1. The number of aryl methyl sites for hydroxylation is 1. The quantitative estimate of drug-likeness (QED) is 0.753. The molecular weight excluding hydrogens is 346 g/mol. The number of imidazole rings is 1. The zero-order valence-electron chi connectivity index (χ0n) is 15.2. The van der Waals surface area contributed by atoms with Crippen LogP contribution in [0.2, 0.25) is 0 Å². The maximum absolute atomic E-state index is 12.8. The fourth-order valence-corrected chi connectivity index (χ4v) is 3.28. The molecule has 8 nitrogen and oxygen atoms in total. The van der Waals surface area contributed by atoms with Gasteiger partial charge in [0.2, 0.25) is 0 Å². The molecule has 140 valence electrons. The molecule has 0 bridgehead atoms. The number of hydrogen-bond acceptors (Lipinski definition) is 5. The van der Waals surface area contributed by atoms with Gasteiger partial charge in [0.05, 0.1) is 31.6 Å². The van der Waals surface area contributed by atoms with Crippen LogP contribution in [0.4, 0.5) is 0 Å². The summed E-state index contributed by atoms with van der Waals surface area (Å²) in [6, 6.07) is 8.94. The number of rotatable bonds is 4. The van der Waals surface area contributed by atoms with Crippen LogP contribution in [0.5, 0.6) is 5.75 Å². The molecule has 8 heteroatoms. The van der Waals surface area contributed by atoms with E-state index in [2.05, 4.69) is 10.1 Å². The lowest BCUT2D eigenvalue weighted by Crippen LogP contribution is -2.38. The number of methoxy groups -OCH3 is 1. The van der Waals surface area contributed by atoms with Gasteiger partial charge in [-0.25, -0.2) is 4.98 Å². The van der Waals surface area contributed by atoms with Crippen LogP contribution >= 0.6 is 0 Å². The topological polar surface area (TPSA) is 85.4 Å². The summed E-state index contributed by atoms with van der Waals surface area (Å²) >= 11 is 0. The van der Waals surface area contributed by atoms with E-state index >= 15 is 0 Å². The molecule has 27 heavy (non-hydrogen) atoms. The lowest BCUT2D eigenvalue weighted by Gasteiger charge is -2.27. The second-order valence-electron chi connectivity index (χ2n) is 6.54. The van der Waals surface area contributed by atoms with E-state index in [4.69, 9.17) is 4.74 Å². The number of carbonyl (C=O) groups excluding carboxylic acids is 1. The number of aromatic nitrogens is 4. The summed E-state index contributed by atoms with van der Waals surface area (Å²) in [5.41, 5.74) is 2.06. The van der Waals surface area contributed by atoms with Gasteiger partial charge in [-0.05, 0) is 30.3 Å². The summed E-state index contributed by atoms with van der Waals surface area (Å²) in [5, 5.41) is 15.1. The van der Waals surface area contributed by atoms with E-state index < -0.39 is 6.10 Å². The van der Waals surface area contributed by atoms with Gasteiger partial charge in [-0.2, -0.15) is 5.10 Å². The molecule has 1 N–H and O–H groups in total. The van der Waals surface area contributed by atoms with Crippen molar-refractivity contribution >= 4 is 5.91 Å². The molecule has 1 atom stereocenters. The summed E-state index contributed by atoms with van der Waals surface area (Å²) in [7, 11) is 3.43. The summed E-state index contributed by atoms with van der Waals surface area (Å²) in [6.45, 7) is 1.60. The SMILES string of the molecule is COc1ccc(C(=O)N2CCn3nc([C@@H](O)c4nccn4C)cc3C2)cc1.